The minimum Gasteiger partial charge on any atom is -0.361 e. The minimum atomic E-state index is 1.02. The molecule has 1 heterocycles. The summed E-state index contributed by atoms with van der Waals surface area (Å²) in [6.45, 7) is 2.16. The average molecular weight is 238 g/mol. The maximum atomic E-state index is 3.47. The molecular weight excluding hydrogens is 226 g/mol. The number of nitrogens with one attached hydrogen (secondary N) is 1. The molecule has 0 fully saturated rings. The van der Waals surface area contributed by atoms with E-state index in [0.717, 1.165) is 11.8 Å². The second-order valence-corrected chi connectivity index (χ2v) is 4.04. The van der Waals surface area contributed by atoms with Crippen molar-refractivity contribution in [1.29, 1.82) is 0 Å². The summed E-state index contributed by atoms with van der Waals surface area (Å²) in [5.74, 6) is 0. The molecule has 0 unspecified atom stereocenters. The maximum Gasteiger partial charge on any atom is 0.0459 e. The number of aryl methyl sites for hydroxylation is 2. The number of alkyl halides is 1. The van der Waals surface area contributed by atoms with E-state index in [-0.39, 0.29) is 0 Å². The Morgan fingerprint density at radius 1 is 1.38 bits per heavy atom. The molecule has 2 rings (SSSR count). The number of aromatic amines is 1. The van der Waals surface area contributed by atoms with Crippen molar-refractivity contribution in [2.75, 3.05) is 5.33 Å². The third kappa shape index (κ3) is 1.51. The molecule has 0 aliphatic heterocycles. The van der Waals surface area contributed by atoms with Crippen LogP contribution in [0.1, 0.15) is 11.1 Å². The number of fused-ring (bicyclic) bond motifs is 1. The van der Waals surface area contributed by atoms with Crippen LogP contribution in [0, 0.1) is 6.92 Å². The summed E-state index contributed by atoms with van der Waals surface area (Å²) in [6, 6.07) is 6.38. The molecule has 1 aromatic carbocycles. The van der Waals surface area contributed by atoms with Gasteiger partial charge in [0.05, 0.1) is 0 Å². The largest absolute Gasteiger partial charge is 0.361 e. The van der Waals surface area contributed by atoms with E-state index in [2.05, 4.69) is 52.2 Å². The van der Waals surface area contributed by atoms with Crippen LogP contribution >= 0.6 is 15.9 Å². The van der Waals surface area contributed by atoms with Crippen molar-refractivity contribution in [3.8, 4) is 0 Å². The summed E-state index contributed by atoms with van der Waals surface area (Å²) in [5.41, 5.74) is 4.01. The average Bonchev–Trinajstić information content (AvgIpc) is 2.51. The highest BCUT2D eigenvalue weighted by molar-refractivity contribution is 9.09. The number of hydrogen-bond donors (Lipinski definition) is 1. The summed E-state index contributed by atoms with van der Waals surface area (Å²) >= 11 is 3.47. The van der Waals surface area contributed by atoms with Crippen molar-refractivity contribution in [2.24, 2.45) is 0 Å². The van der Waals surface area contributed by atoms with Crippen LogP contribution in [0.25, 0.3) is 10.9 Å². The summed E-state index contributed by atoms with van der Waals surface area (Å²) in [6.07, 6.45) is 3.20. The van der Waals surface area contributed by atoms with E-state index >= 15 is 0 Å². The predicted octanol–water partition coefficient (Wildman–Crippen LogP) is 3.41. The Morgan fingerprint density at radius 3 is 3.00 bits per heavy atom. The van der Waals surface area contributed by atoms with Gasteiger partial charge in [-0.3, -0.25) is 0 Å². The van der Waals surface area contributed by atoms with Crippen LogP contribution in [-0.4, -0.2) is 10.3 Å². The highest BCUT2D eigenvalue weighted by atomic mass is 79.9. The second kappa shape index (κ2) is 3.54. The predicted molar refractivity (Wildman–Crippen MR) is 60.5 cm³/mol. The molecule has 13 heavy (non-hydrogen) atoms. The third-order valence-corrected chi connectivity index (χ3v) is 2.76. The normalized spacial score (nSPS) is 10.9. The maximum absolute atomic E-state index is 3.47. The van der Waals surface area contributed by atoms with Crippen molar-refractivity contribution in [2.45, 2.75) is 13.3 Å². The lowest BCUT2D eigenvalue weighted by molar-refractivity contribution is 1.18. The van der Waals surface area contributed by atoms with Crippen molar-refractivity contribution in [3.63, 3.8) is 0 Å². The zero-order valence-corrected chi connectivity index (χ0v) is 9.19. The third-order valence-electron chi connectivity index (χ3n) is 2.36. The molecule has 1 aromatic heterocycles. The molecule has 0 saturated heterocycles. The number of hydrogen-bond acceptors (Lipinski definition) is 0. The van der Waals surface area contributed by atoms with Crippen LogP contribution in [0.3, 0.4) is 0 Å². The van der Waals surface area contributed by atoms with Crippen LogP contribution < -0.4 is 0 Å². The van der Waals surface area contributed by atoms with E-state index in [1.807, 2.05) is 0 Å². The molecule has 0 aliphatic rings. The van der Waals surface area contributed by atoms with Crippen molar-refractivity contribution in [3.05, 3.63) is 35.5 Å². The van der Waals surface area contributed by atoms with E-state index < -0.39 is 0 Å². The Balaban J connectivity index is 2.64. The van der Waals surface area contributed by atoms with Gasteiger partial charge in [0.25, 0.3) is 0 Å². The molecule has 2 aromatic rings. The Labute approximate surface area is 86.3 Å². The van der Waals surface area contributed by atoms with Gasteiger partial charge in [-0.25, -0.2) is 0 Å². The van der Waals surface area contributed by atoms with Gasteiger partial charge in [-0.15, -0.1) is 0 Å². The second-order valence-electron chi connectivity index (χ2n) is 3.25. The van der Waals surface area contributed by atoms with E-state index in [9.17, 15) is 0 Å². The quantitative estimate of drug-likeness (QED) is 0.771. The van der Waals surface area contributed by atoms with Crippen LogP contribution in [0.2, 0.25) is 0 Å². The van der Waals surface area contributed by atoms with Gasteiger partial charge in [0.15, 0.2) is 0 Å². The SMILES string of the molecule is Cc1cccc2[nH]cc(CCBr)c12. The molecule has 0 atom stereocenters. The van der Waals surface area contributed by atoms with Crippen LogP contribution in [0.15, 0.2) is 24.4 Å². The summed E-state index contributed by atoms with van der Waals surface area (Å²) in [5, 5.41) is 2.41. The lowest BCUT2D eigenvalue weighted by atomic mass is 10.1. The van der Waals surface area contributed by atoms with Gasteiger partial charge in [0.1, 0.15) is 0 Å². The van der Waals surface area contributed by atoms with Crippen molar-refractivity contribution >= 4 is 26.8 Å². The standard InChI is InChI=1S/C11H12BrN/c1-8-3-2-4-10-11(8)9(5-6-12)7-13-10/h2-4,7,13H,5-6H2,1H3. The van der Waals surface area contributed by atoms with E-state index in [1.165, 1.54) is 22.0 Å². The number of rotatable bonds is 2. The summed E-state index contributed by atoms with van der Waals surface area (Å²) < 4.78 is 0. The Hall–Kier alpha value is -0.760. The fourth-order valence-electron chi connectivity index (χ4n) is 1.75. The van der Waals surface area contributed by atoms with Gasteiger partial charge >= 0.3 is 0 Å². The highest BCUT2D eigenvalue weighted by Gasteiger charge is 2.04. The Kier molecular flexibility index (Phi) is 2.40. The summed E-state index contributed by atoms with van der Waals surface area (Å²) in [7, 11) is 0. The Bertz CT molecular complexity index is 417. The zero-order valence-electron chi connectivity index (χ0n) is 7.60. The molecule has 0 spiro atoms. The molecule has 1 nitrogen and oxygen atoms in total. The fourth-order valence-corrected chi connectivity index (χ4v) is 2.18. The molecule has 1 N–H and O–H groups in total. The molecule has 68 valence electrons. The van der Waals surface area contributed by atoms with Gasteiger partial charge in [-0.1, -0.05) is 28.1 Å². The molecule has 0 bridgehead atoms. The van der Waals surface area contributed by atoms with Gasteiger partial charge in [0.2, 0.25) is 0 Å². The molecular formula is C11H12BrN. The smallest absolute Gasteiger partial charge is 0.0459 e. The fraction of sp³-hybridized carbons (Fsp3) is 0.273. The monoisotopic (exact) mass is 237 g/mol. The number of H-pyrrole nitrogens is 1. The van der Waals surface area contributed by atoms with Gasteiger partial charge in [-0.05, 0) is 30.5 Å². The molecule has 0 amide bonds. The molecule has 0 saturated carbocycles. The first-order chi connectivity index (χ1) is 6.33. The van der Waals surface area contributed by atoms with Crippen molar-refractivity contribution in [1.82, 2.24) is 4.98 Å². The van der Waals surface area contributed by atoms with E-state index in [4.69, 9.17) is 0 Å². The first kappa shape index (κ1) is 8.82. The highest BCUT2D eigenvalue weighted by Crippen LogP contribution is 2.22. The lowest BCUT2D eigenvalue weighted by Gasteiger charge is -1.98. The lowest BCUT2D eigenvalue weighted by Crippen LogP contribution is -1.84. The zero-order chi connectivity index (χ0) is 9.26. The van der Waals surface area contributed by atoms with Gasteiger partial charge in [0, 0.05) is 22.4 Å². The number of halogens is 1. The summed E-state index contributed by atoms with van der Waals surface area (Å²) in [4.78, 5) is 3.29. The minimum absolute atomic E-state index is 1.02. The topological polar surface area (TPSA) is 15.8 Å². The van der Waals surface area contributed by atoms with Gasteiger partial charge in [-0.2, -0.15) is 0 Å². The van der Waals surface area contributed by atoms with Crippen LogP contribution in [0.4, 0.5) is 0 Å². The van der Waals surface area contributed by atoms with E-state index in [1.54, 1.807) is 0 Å². The molecule has 0 aliphatic carbocycles. The van der Waals surface area contributed by atoms with E-state index in [0.29, 0.717) is 0 Å². The molecule has 2 heteroatoms. The molecule has 0 radical (unpaired) electrons. The van der Waals surface area contributed by atoms with Crippen LogP contribution in [0.5, 0.6) is 0 Å². The Morgan fingerprint density at radius 2 is 2.23 bits per heavy atom. The first-order valence-electron chi connectivity index (χ1n) is 4.44. The number of aromatic nitrogens is 1. The first-order valence-corrected chi connectivity index (χ1v) is 5.56. The van der Waals surface area contributed by atoms with Crippen LogP contribution in [-0.2, 0) is 6.42 Å². The van der Waals surface area contributed by atoms with Crippen molar-refractivity contribution < 1.29 is 0 Å². The number of benzene rings is 1. The van der Waals surface area contributed by atoms with Gasteiger partial charge < -0.3 is 4.98 Å².